The summed E-state index contributed by atoms with van der Waals surface area (Å²) in [6.07, 6.45) is -4.98. The summed E-state index contributed by atoms with van der Waals surface area (Å²) in [6.45, 7) is -3.80. The molecule has 10 atom stereocenters. The lowest BCUT2D eigenvalue weighted by Gasteiger charge is -2.31. The fourth-order valence-electron chi connectivity index (χ4n) is 10.4. The number of aromatic hydroxyl groups is 3. The Hall–Kier alpha value is -7.28. The first-order chi connectivity index (χ1) is 41.9. The first-order valence-corrected chi connectivity index (χ1v) is 32.3. The Morgan fingerprint density at radius 2 is 0.865 bits per heavy atom. The lowest BCUT2D eigenvalue weighted by atomic mass is 9.82. The Morgan fingerprint density at radius 1 is 0.404 bits per heavy atom. The van der Waals surface area contributed by atoms with E-state index in [1.54, 1.807) is 0 Å². The molecule has 0 aliphatic rings. The second-order valence-electron chi connectivity index (χ2n) is 20.0. The summed E-state index contributed by atoms with van der Waals surface area (Å²) in [6, 6.07) is 22.8. The zero-order valence-corrected chi connectivity index (χ0v) is 51.5. The van der Waals surface area contributed by atoms with Gasteiger partial charge in [-0.15, -0.1) is 0 Å². The van der Waals surface area contributed by atoms with Crippen molar-refractivity contribution in [3.63, 3.8) is 0 Å². The molecule has 0 aliphatic carbocycles. The van der Waals surface area contributed by atoms with Crippen molar-refractivity contribution in [2.24, 2.45) is 0 Å². The van der Waals surface area contributed by atoms with Crippen molar-refractivity contribution in [2.75, 3.05) is 69.1 Å². The van der Waals surface area contributed by atoms with Crippen molar-refractivity contribution in [1.29, 1.82) is 0 Å². The van der Waals surface area contributed by atoms with Gasteiger partial charge in [0.2, 0.25) is 0 Å². The third-order valence-corrected chi connectivity index (χ3v) is 19.3. The van der Waals surface area contributed by atoms with Gasteiger partial charge in [-0.25, -0.2) is 0 Å². The van der Waals surface area contributed by atoms with Gasteiger partial charge in [0.1, 0.15) is 39.5 Å². The molecule has 0 heterocycles. The molecule has 0 aliphatic heterocycles. The van der Waals surface area contributed by atoms with E-state index in [0.717, 1.165) is 63.8 Å². The summed E-state index contributed by atoms with van der Waals surface area (Å²) in [4.78, 5) is 0. The summed E-state index contributed by atoms with van der Waals surface area (Å²) in [5, 5.41) is 81.3. The van der Waals surface area contributed by atoms with Gasteiger partial charge in [-0.2, -0.15) is 33.7 Å². The smallest absolute Gasteiger partial charge is 0.292 e. The van der Waals surface area contributed by atoms with Crippen LogP contribution in [-0.4, -0.2) is 179 Å². The minimum Gasteiger partial charge on any atom is -0.504 e. The quantitative estimate of drug-likeness (QED) is 0.0259. The SMILES string of the molecule is COc1ccc(C(c2cc(C(C(CO)c3cc(C(C(CO)c4ccc(O)c(OC)c4)S(=O)(=O)O)cc(OC)c3O)S(=O)(=O)O)cc(OC)c2O)C(CO)Oc2ccc(C(OC)C(CO)Oc3ccc(C(CC(O)S(=O)(=O)O)S(=O)(=O)O)cc3OC)cc2)cc1. The zero-order chi connectivity index (χ0) is 66.1. The summed E-state index contributed by atoms with van der Waals surface area (Å²) < 4.78 is 189. The fraction of sp³-hybridized carbons (Fsp3) is 0.368. The summed E-state index contributed by atoms with van der Waals surface area (Å²) in [5.41, 5.74) is -3.92. The first-order valence-electron chi connectivity index (χ1n) is 26.3. The van der Waals surface area contributed by atoms with E-state index in [4.69, 9.17) is 37.9 Å². The Kier molecular flexibility index (Phi) is 23.5. The number of methoxy groups -OCH3 is 6. The Morgan fingerprint density at radius 3 is 1.34 bits per heavy atom. The van der Waals surface area contributed by atoms with Gasteiger partial charge in [-0.05, 0) is 106 Å². The van der Waals surface area contributed by atoms with Crippen LogP contribution in [0.15, 0.2) is 109 Å². The van der Waals surface area contributed by atoms with Gasteiger partial charge in [0, 0.05) is 36.5 Å². The van der Waals surface area contributed by atoms with Gasteiger partial charge >= 0.3 is 0 Å². The molecule has 12 N–H and O–H groups in total. The maximum atomic E-state index is 14.0. The molecule has 0 fully saturated rings. The van der Waals surface area contributed by atoms with Crippen LogP contribution in [0.3, 0.4) is 0 Å². The van der Waals surface area contributed by atoms with Crippen LogP contribution in [0.5, 0.6) is 57.5 Å². The van der Waals surface area contributed by atoms with E-state index in [0.29, 0.717) is 11.3 Å². The molecule has 0 aromatic heterocycles. The lowest BCUT2D eigenvalue weighted by Crippen LogP contribution is -2.31. The van der Waals surface area contributed by atoms with E-state index in [2.05, 4.69) is 0 Å². The minimum atomic E-state index is -5.53. The molecule has 10 unspecified atom stereocenters. The highest BCUT2D eigenvalue weighted by molar-refractivity contribution is 7.87. The van der Waals surface area contributed by atoms with E-state index in [1.165, 1.54) is 88.1 Å². The molecule has 0 amide bonds. The molecule has 6 aromatic rings. The number of ether oxygens (including phenoxy) is 8. The lowest BCUT2D eigenvalue weighted by molar-refractivity contribution is -0.0264. The van der Waals surface area contributed by atoms with Crippen LogP contribution < -0.4 is 33.2 Å². The van der Waals surface area contributed by atoms with Gasteiger partial charge in [0.05, 0.1) is 67.9 Å². The number of hydrogen-bond acceptors (Lipinski definition) is 24. The van der Waals surface area contributed by atoms with Gasteiger partial charge in [-0.1, -0.05) is 36.4 Å². The molecule has 0 saturated carbocycles. The predicted molar refractivity (Wildman–Crippen MR) is 316 cm³/mol. The molecule has 89 heavy (non-hydrogen) atoms. The fourth-order valence-corrected chi connectivity index (χ4v) is 14.2. The van der Waals surface area contributed by atoms with Crippen LogP contribution in [0.4, 0.5) is 0 Å². The van der Waals surface area contributed by atoms with E-state index >= 15 is 0 Å². The van der Waals surface area contributed by atoms with Crippen LogP contribution in [-0.2, 0) is 45.2 Å². The molecular weight excluding hydrogens is 1260 g/mol. The normalized spacial score (nSPS) is 15.7. The molecule has 0 bridgehead atoms. The third-order valence-electron chi connectivity index (χ3n) is 14.7. The number of aliphatic hydroxyl groups excluding tert-OH is 5. The second kappa shape index (κ2) is 29.6. The maximum absolute atomic E-state index is 14.0. The van der Waals surface area contributed by atoms with Crippen molar-refractivity contribution in [3.05, 3.63) is 154 Å². The summed E-state index contributed by atoms with van der Waals surface area (Å²) in [5.74, 6) is -7.77. The molecule has 6 rings (SSSR count). The number of hydrogen-bond donors (Lipinski definition) is 12. The molecule has 488 valence electrons. The predicted octanol–water partition coefficient (Wildman–Crippen LogP) is 4.48. The van der Waals surface area contributed by atoms with Gasteiger partial charge in [0.15, 0.2) is 57.5 Å². The third kappa shape index (κ3) is 16.4. The maximum Gasteiger partial charge on any atom is 0.292 e. The number of aliphatic hydroxyl groups is 5. The first kappa shape index (κ1) is 70.8. The number of benzene rings is 6. The number of rotatable bonds is 32. The van der Waals surface area contributed by atoms with Crippen molar-refractivity contribution < 1.29 is 131 Å². The minimum absolute atomic E-state index is 0.0112. The summed E-state index contributed by atoms with van der Waals surface area (Å²) in [7, 11) is -13.9. The van der Waals surface area contributed by atoms with Gasteiger partial charge in [-0.3, -0.25) is 18.2 Å². The molecule has 28 nitrogen and oxygen atoms in total. The highest BCUT2D eigenvalue weighted by atomic mass is 32.2. The van der Waals surface area contributed by atoms with E-state index in [-0.39, 0.29) is 51.0 Å². The molecule has 0 radical (unpaired) electrons. The topological polar surface area (TPSA) is 453 Å². The van der Waals surface area contributed by atoms with Crippen LogP contribution in [0.1, 0.15) is 90.5 Å². The van der Waals surface area contributed by atoms with Crippen LogP contribution >= 0.6 is 0 Å². The highest BCUT2D eigenvalue weighted by Crippen LogP contribution is 2.51. The monoisotopic (exact) mass is 1330 g/mol. The van der Waals surface area contributed by atoms with Crippen molar-refractivity contribution in [2.45, 2.75) is 63.7 Å². The Balaban J connectivity index is 1.43. The van der Waals surface area contributed by atoms with Crippen LogP contribution in [0.25, 0.3) is 0 Å². The average Bonchev–Trinajstić information content (AvgIpc) is 0.907. The van der Waals surface area contributed by atoms with E-state index in [9.17, 15) is 92.7 Å². The van der Waals surface area contributed by atoms with Gasteiger partial charge in [0.25, 0.3) is 40.5 Å². The highest BCUT2D eigenvalue weighted by Gasteiger charge is 2.43. The largest absolute Gasteiger partial charge is 0.504 e. The number of phenolic OH excluding ortho intramolecular Hbond substituents is 3. The van der Waals surface area contributed by atoms with Crippen LogP contribution in [0.2, 0.25) is 0 Å². The van der Waals surface area contributed by atoms with Gasteiger partial charge < -0.3 is 78.7 Å². The van der Waals surface area contributed by atoms with Crippen molar-refractivity contribution in [1.82, 2.24) is 0 Å². The molecule has 0 saturated heterocycles. The average molecular weight is 1330 g/mol. The molecular formula is C57H68O28S4. The van der Waals surface area contributed by atoms with E-state index in [1.807, 2.05) is 0 Å². The molecule has 6 aromatic carbocycles. The second-order valence-corrected chi connectivity index (χ2v) is 26.2. The van der Waals surface area contributed by atoms with Crippen LogP contribution in [0, 0.1) is 0 Å². The standard InChI is InChI=1S/C57H68O28S4/c1-78-36-13-7-30(8-14-36)52(48(28-60)84-37-15-9-31(10-16-37)55(83-6)49(29-61)85-43-18-12-33(22-45(43)80-3)50(86(66,67)68)25-51(63)87(69,70)71)39-20-35(24-47(82-5)54(39)65)57(89(75,76)77)41(27-59)38-19-34(23-46(81-4)53(38)64)56(88(72,73)74)40(26-58)32-11-17-42(62)44(21-32)79-2/h7-24,40-41,48-52,55-65H,25-29H2,1-6H3,(H,66,67,68)(H,69,70,71)(H,72,73,74)(H,75,76,77). The Labute approximate surface area is 512 Å². The zero-order valence-electron chi connectivity index (χ0n) is 48.2. The summed E-state index contributed by atoms with van der Waals surface area (Å²) >= 11 is 0. The number of phenols is 3. The molecule has 0 spiro atoms. The van der Waals surface area contributed by atoms with Crippen molar-refractivity contribution >= 4 is 40.5 Å². The van der Waals surface area contributed by atoms with Crippen molar-refractivity contribution in [3.8, 4) is 57.5 Å². The Bertz CT molecular complexity index is 3870. The molecule has 32 heteroatoms. The van der Waals surface area contributed by atoms with E-state index < -0.39 is 170 Å².